The first kappa shape index (κ1) is 19.4. The Hall–Kier alpha value is -3.59. The predicted molar refractivity (Wildman–Crippen MR) is 119 cm³/mol. The number of fused-ring (bicyclic) bond motifs is 1. The molecule has 9 heteroatoms. The molecule has 0 amide bonds. The molecule has 0 saturated carbocycles. The van der Waals surface area contributed by atoms with Gasteiger partial charge in [-0.3, -0.25) is 4.79 Å². The Bertz CT molecular complexity index is 1480. The summed E-state index contributed by atoms with van der Waals surface area (Å²) in [6.45, 7) is 4.14. The van der Waals surface area contributed by atoms with Crippen molar-refractivity contribution in [2.24, 2.45) is 0 Å². The molecule has 0 spiro atoms. The smallest absolute Gasteiger partial charge is 0.293 e. The zero-order valence-electron chi connectivity index (χ0n) is 16.8. The highest BCUT2D eigenvalue weighted by Gasteiger charge is 2.15. The van der Waals surface area contributed by atoms with Crippen molar-refractivity contribution in [2.45, 2.75) is 20.4 Å². The van der Waals surface area contributed by atoms with E-state index < -0.39 is 0 Å². The molecule has 0 aliphatic heterocycles. The van der Waals surface area contributed by atoms with Crippen LogP contribution in [0.15, 0.2) is 68.6 Å². The maximum absolute atomic E-state index is 13.0. The van der Waals surface area contributed by atoms with Gasteiger partial charge in [0.1, 0.15) is 18.4 Å². The van der Waals surface area contributed by atoms with Gasteiger partial charge in [-0.15, -0.1) is 0 Å². The van der Waals surface area contributed by atoms with Crippen LogP contribution in [-0.2, 0) is 6.54 Å². The third kappa shape index (κ3) is 3.68. The Morgan fingerprint density at radius 3 is 2.77 bits per heavy atom. The van der Waals surface area contributed by atoms with Crippen molar-refractivity contribution in [3.8, 4) is 22.6 Å². The van der Waals surface area contributed by atoms with E-state index >= 15 is 0 Å². The van der Waals surface area contributed by atoms with E-state index in [1.54, 1.807) is 6.07 Å². The van der Waals surface area contributed by atoms with E-state index in [4.69, 9.17) is 4.52 Å². The van der Waals surface area contributed by atoms with E-state index in [0.717, 1.165) is 26.9 Å². The van der Waals surface area contributed by atoms with Crippen LogP contribution in [0.2, 0.25) is 0 Å². The monoisotopic (exact) mass is 476 g/mol. The molecule has 0 radical (unpaired) electrons. The Morgan fingerprint density at radius 2 is 1.97 bits per heavy atom. The molecule has 0 saturated heterocycles. The molecule has 3 aromatic heterocycles. The van der Waals surface area contributed by atoms with Crippen molar-refractivity contribution in [3.05, 3.63) is 86.7 Å². The quantitative estimate of drug-likeness (QED) is 0.388. The molecule has 0 aliphatic carbocycles. The second-order valence-corrected chi connectivity index (χ2v) is 8.21. The summed E-state index contributed by atoms with van der Waals surface area (Å²) in [6, 6.07) is 15.5. The molecule has 0 aliphatic rings. The van der Waals surface area contributed by atoms with Gasteiger partial charge in [-0.25, -0.2) is 9.20 Å². The van der Waals surface area contributed by atoms with Crippen LogP contribution in [0.25, 0.3) is 28.2 Å². The lowest BCUT2D eigenvalue weighted by Gasteiger charge is -2.02. The minimum Gasteiger partial charge on any atom is -0.337 e. The second-order valence-electron chi connectivity index (χ2n) is 7.29. The zero-order valence-corrected chi connectivity index (χ0v) is 18.4. The summed E-state index contributed by atoms with van der Waals surface area (Å²) in [6.07, 6.45) is 1.51. The van der Waals surface area contributed by atoms with Gasteiger partial charge in [0.15, 0.2) is 0 Å². The number of hydrogen-bond acceptors (Lipinski definition) is 6. The van der Waals surface area contributed by atoms with Gasteiger partial charge >= 0.3 is 0 Å². The van der Waals surface area contributed by atoms with Crippen molar-refractivity contribution in [1.82, 2.24) is 29.5 Å². The fourth-order valence-corrected chi connectivity index (χ4v) is 3.87. The molecule has 154 valence electrons. The molecular formula is C22H17BrN6O2. The van der Waals surface area contributed by atoms with Gasteiger partial charge in [0.05, 0.1) is 5.69 Å². The molecule has 8 nitrogen and oxygen atoms in total. The number of hydrogen-bond donors (Lipinski definition) is 0. The van der Waals surface area contributed by atoms with Crippen LogP contribution in [0.1, 0.15) is 17.0 Å². The van der Waals surface area contributed by atoms with Crippen molar-refractivity contribution in [2.75, 3.05) is 0 Å². The SMILES string of the molecule is Cc1ccc(-c2cc3c(=O)n(Cc4nc(-c5cccc(Br)c5)no4)ncn3n2)c(C)c1. The molecule has 0 N–H and O–H groups in total. The Labute approximate surface area is 185 Å². The first-order chi connectivity index (χ1) is 15.0. The average Bonchev–Trinajstić information content (AvgIpc) is 3.38. The van der Waals surface area contributed by atoms with Gasteiger partial charge in [0.2, 0.25) is 11.7 Å². The van der Waals surface area contributed by atoms with Crippen molar-refractivity contribution >= 4 is 21.4 Å². The zero-order chi connectivity index (χ0) is 21.5. The normalized spacial score (nSPS) is 11.3. The molecule has 3 heterocycles. The van der Waals surface area contributed by atoms with Gasteiger partial charge in [-0.05, 0) is 37.6 Å². The van der Waals surface area contributed by atoms with Crippen LogP contribution in [0.4, 0.5) is 0 Å². The van der Waals surface area contributed by atoms with Gasteiger partial charge in [0, 0.05) is 15.6 Å². The molecule has 5 rings (SSSR count). The summed E-state index contributed by atoms with van der Waals surface area (Å²) >= 11 is 3.43. The summed E-state index contributed by atoms with van der Waals surface area (Å²) in [7, 11) is 0. The molecular weight excluding hydrogens is 460 g/mol. The number of benzene rings is 2. The van der Waals surface area contributed by atoms with E-state index in [1.807, 2.05) is 50.2 Å². The third-order valence-corrected chi connectivity index (χ3v) is 5.48. The predicted octanol–water partition coefficient (Wildman–Crippen LogP) is 4.04. The highest BCUT2D eigenvalue weighted by molar-refractivity contribution is 9.10. The molecule has 0 atom stereocenters. The van der Waals surface area contributed by atoms with Crippen LogP contribution >= 0.6 is 15.9 Å². The maximum atomic E-state index is 13.0. The molecule has 0 bridgehead atoms. The number of rotatable bonds is 4. The second kappa shape index (κ2) is 7.59. The lowest BCUT2D eigenvalue weighted by molar-refractivity contribution is 0.362. The Balaban J connectivity index is 1.47. The topological polar surface area (TPSA) is 91.1 Å². The molecule has 0 fully saturated rings. The van der Waals surface area contributed by atoms with E-state index in [0.29, 0.717) is 17.2 Å². The van der Waals surface area contributed by atoms with Crippen molar-refractivity contribution < 1.29 is 4.52 Å². The minimum atomic E-state index is -0.284. The Morgan fingerprint density at radius 1 is 1.10 bits per heavy atom. The van der Waals surface area contributed by atoms with Crippen LogP contribution < -0.4 is 5.56 Å². The molecule has 31 heavy (non-hydrogen) atoms. The summed E-state index contributed by atoms with van der Waals surface area (Å²) in [5, 5.41) is 12.7. The molecule has 0 unspecified atom stereocenters. The van der Waals surface area contributed by atoms with Crippen LogP contribution in [0.3, 0.4) is 0 Å². The summed E-state index contributed by atoms with van der Waals surface area (Å²) < 4.78 is 9.04. The van der Waals surface area contributed by atoms with Crippen LogP contribution in [0, 0.1) is 13.8 Å². The summed E-state index contributed by atoms with van der Waals surface area (Å²) in [5.41, 5.74) is 4.94. The van der Waals surface area contributed by atoms with Crippen molar-refractivity contribution in [1.29, 1.82) is 0 Å². The van der Waals surface area contributed by atoms with Gasteiger partial charge < -0.3 is 4.52 Å². The van der Waals surface area contributed by atoms with E-state index in [-0.39, 0.29) is 12.1 Å². The lowest BCUT2D eigenvalue weighted by atomic mass is 10.0. The number of aromatic nitrogens is 6. The van der Waals surface area contributed by atoms with Crippen LogP contribution in [-0.4, -0.2) is 29.5 Å². The minimum absolute atomic E-state index is 0.0699. The highest BCUT2D eigenvalue weighted by Crippen LogP contribution is 2.23. The fourth-order valence-electron chi connectivity index (χ4n) is 3.48. The molecule has 2 aromatic carbocycles. The molecule has 5 aromatic rings. The standard InChI is InChI=1S/C22H17BrN6O2/c1-13-6-7-17(14(2)8-13)18-10-19-22(30)28(24-12-29(19)26-18)11-20-25-21(27-31-20)15-4-3-5-16(23)9-15/h3-10,12H,11H2,1-2H3. The first-order valence-corrected chi connectivity index (χ1v) is 10.4. The van der Waals surface area contributed by atoms with Crippen LogP contribution in [0.5, 0.6) is 0 Å². The van der Waals surface area contributed by atoms with Crippen molar-refractivity contribution in [3.63, 3.8) is 0 Å². The van der Waals surface area contributed by atoms with Gasteiger partial charge in [0.25, 0.3) is 5.56 Å². The summed E-state index contributed by atoms with van der Waals surface area (Å²) in [5.74, 6) is 0.745. The first-order valence-electron chi connectivity index (χ1n) is 9.59. The highest BCUT2D eigenvalue weighted by atomic mass is 79.9. The largest absolute Gasteiger partial charge is 0.337 e. The van der Waals surface area contributed by atoms with E-state index in [1.165, 1.54) is 21.1 Å². The van der Waals surface area contributed by atoms with E-state index in [2.05, 4.69) is 42.3 Å². The number of halogens is 1. The lowest BCUT2D eigenvalue weighted by Crippen LogP contribution is -2.25. The average molecular weight is 477 g/mol. The number of aryl methyl sites for hydroxylation is 2. The summed E-state index contributed by atoms with van der Waals surface area (Å²) in [4.78, 5) is 17.4. The number of nitrogens with zero attached hydrogens (tertiary/aromatic N) is 6. The van der Waals surface area contributed by atoms with Gasteiger partial charge in [-0.1, -0.05) is 57.0 Å². The fraction of sp³-hybridized carbons (Fsp3) is 0.136. The third-order valence-electron chi connectivity index (χ3n) is 4.98. The maximum Gasteiger partial charge on any atom is 0.293 e. The Kier molecular flexibility index (Phi) is 4.74. The van der Waals surface area contributed by atoms with E-state index in [9.17, 15) is 4.79 Å². The van der Waals surface area contributed by atoms with Gasteiger partial charge in [-0.2, -0.15) is 15.2 Å².